The molecular weight excluding hydrogens is 276 g/mol. The first kappa shape index (κ1) is 12.9. The Morgan fingerprint density at radius 3 is 2.12 bits per heavy atom. The van der Waals surface area contributed by atoms with Gasteiger partial charge in [-0.25, -0.2) is 0 Å². The highest BCUT2D eigenvalue weighted by Gasteiger charge is 2.26. The average Bonchev–Trinajstić information content (AvgIpc) is 2.35. The predicted octanol–water partition coefficient (Wildman–Crippen LogP) is 3.11. The Morgan fingerprint density at radius 2 is 1.65 bits per heavy atom. The first-order valence-electron chi connectivity index (χ1n) is 6.23. The summed E-state index contributed by atoms with van der Waals surface area (Å²) in [7, 11) is 2.22. The SMILES string of the molecule is CC1CN(c2ccc(CBr)cc2)CC(C)N1C. The van der Waals surface area contributed by atoms with Gasteiger partial charge in [-0.3, -0.25) is 4.90 Å². The van der Waals surface area contributed by atoms with Gasteiger partial charge >= 0.3 is 0 Å². The zero-order chi connectivity index (χ0) is 12.4. The van der Waals surface area contributed by atoms with E-state index in [-0.39, 0.29) is 0 Å². The third-order valence-corrected chi connectivity index (χ3v) is 4.46. The fourth-order valence-corrected chi connectivity index (χ4v) is 2.78. The summed E-state index contributed by atoms with van der Waals surface area (Å²) in [6.45, 7) is 6.84. The molecular formula is C14H21BrN2. The number of hydrogen-bond donors (Lipinski definition) is 0. The van der Waals surface area contributed by atoms with Gasteiger partial charge in [-0.2, -0.15) is 0 Å². The van der Waals surface area contributed by atoms with Gasteiger partial charge in [0.2, 0.25) is 0 Å². The highest BCUT2D eigenvalue weighted by Crippen LogP contribution is 2.22. The molecule has 0 aromatic heterocycles. The molecule has 17 heavy (non-hydrogen) atoms. The van der Waals surface area contributed by atoms with Crippen LogP contribution >= 0.6 is 15.9 Å². The number of likely N-dealkylation sites (N-methyl/N-ethyl adjacent to an activating group) is 1. The van der Waals surface area contributed by atoms with E-state index in [1.807, 2.05) is 0 Å². The van der Waals surface area contributed by atoms with E-state index in [9.17, 15) is 0 Å². The van der Waals surface area contributed by atoms with E-state index in [1.165, 1.54) is 11.3 Å². The predicted molar refractivity (Wildman–Crippen MR) is 78.0 cm³/mol. The molecule has 1 aliphatic heterocycles. The van der Waals surface area contributed by atoms with E-state index < -0.39 is 0 Å². The second-order valence-electron chi connectivity index (χ2n) is 5.07. The smallest absolute Gasteiger partial charge is 0.0367 e. The third kappa shape index (κ3) is 2.83. The molecule has 0 radical (unpaired) electrons. The molecule has 1 saturated heterocycles. The van der Waals surface area contributed by atoms with Crippen molar-refractivity contribution < 1.29 is 0 Å². The lowest BCUT2D eigenvalue weighted by Crippen LogP contribution is -2.55. The van der Waals surface area contributed by atoms with Gasteiger partial charge in [0.25, 0.3) is 0 Å². The van der Waals surface area contributed by atoms with Crippen molar-refractivity contribution in [2.75, 3.05) is 25.0 Å². The Bertz CT molecular complexity index is 351. The topological polar surface area (TPSA) is 6.48 Å². The first-order valence-corrected chi connectivity index (χ1v) is 7.35. The first-order chi connectivity index (χ1) is 8.11. The van der Waals surface area contributed by atoms with Gasteiger partial charge in [-0.15, -0.1) is 0 Å². The van der Waals surface area contributed by atoms with Crippen LogP contribution in [0.2, 0.25) is 0 Å². The molecule has 0 saturated carbocycles. The summed E-state index contributed by atoms with van der Waals surface area (Å²) in [5.41, 5.74) is 2.69. The Hall–Kier alpha value is -0.540. The molecule has 1 aromatic rings. The Kier molecular flexibility index (Phi) is 4.10. The highest BCUT2D eigenvalue weighted by molar-refractivity contribution is 9.08. The highest BCUT2D eigenvalue weighted by atomic mass is 79.9. The lowest BCUT2D eigenvalue weighted by molar-refractivity contribution is 0.170. The van der Waals surface area contributed by atoms with Crippen LogP contribution < -0.4 is 4.90 Å². The molecule has 1 aliphatic rings. The number of anilines is 1. The maximum Gasteiger partial charge on any atom is 0.0367 e. The van der Waals surface area contributed by atoms with Crippen LogP contribution in [0.3, 0.4) is 0 Å². The fraction of sp³-hybridized carbons (Fsp3) is 0.571. The number of piperazine rings is 1. The van der Waals surface area contributed by atoms with Crippen LogP contribution in [0.5, 0.6) is 0 Å². The minimum atomic E-state index is 0.620. The van der Waals surface area contributed by atoms with Gasteiger partial charge in [-0.1, -0.05) is 28.1 Å². The van der Waals surface area contributed by atoms with E-state index in [0.29, 0.717) is 12.1 Å². The molecule has 1 fully saturated rings. The number of alkyl halides is 1. The minimum absolute atomic E-state index is 0.620. The standard InChI is InChI=1S/C14H21BrN2/c1-11-9-17(10-12(2)16(11)3)14-6-4-13(8-15)5-7-14/h4-7,11-12H,8-10H2,1-3H3. The zero-order valence-electron chi connectivity index (χ0n) is 10.9. The van der Waals surface area contributed by atoms with Gasteiger partial charge in [0, 0.05) is 36.2 Å². The van der Waals surface area contributed by atoms with Crippen molar-refractivity contribution in [1.82, 2.24) is 4.90 Å². The monoisotopic (exact) mass is 296 g/mol. The summed E-state index contributed by atoms with van der Waals surface area (Å²) < 4.78 is 0. The number of benzene rings is 1. The molecule has 0 bridgehead atoms. The maximum absolute atomic E-state index is 3.48. The normalized spacial score (nSPS) is 26.2. The van der Waals surface area contributed by atoms with Gasteiger partial charge in [0.15, 0.2) is 0 Å². The largest absolute Gasteiger partial charge is 0.368 e. The van der Waals surface area contributed by atoms with Crippen LogP contribution in [0.25, 0.3) is 0 Å². The minimum Gasteiger partial charge on any atom is -0.368 e. The summed E-state index contributed by atoms with van der Waals surface area (Å²) in [5.74, 6) is 0. The van der Waals surface area contributed by atoms with Gasteiger partial charge in [0.1, 0.15) is 0 Å². The zero-order valence-corrected chi connectivity index (χ0v) is 12.4. The number of hydrogen-bond acceptors (Lipinski definition) is 2. The van der Waals surface area contributed by atoms with Crippen molar-refractivity contribution in [1.29, 1.82) is 0 Å². The molecule has 0 amide bonds. The summed E-state index contributed by atoms with van der Waals surface area (Å²) >= 11 is 3.48. The lowest BCUT2D eigenvalue weighted by atomic mass is 10.1. The van der Waals surface area contributed by atoms with E-state index in [1.54, 1.807) is 0 Å². The van der Waals surface area contributed by atoms with Crippen molar-refractivity contribution in [3.05, 3.63) is 29.8 Å². The van der Waals surface area contributed by atoms with Gasteiger partial charge in [-0.05, 0) is 38.6 Å². The summed E-state index contributed by atoms with van der Waals surface area (Å²) in [4.78, 5) is 4.96. The van der Waals surface area contributed by atoms with Crippen molar-refractivity contribution >= 4 is 21.6 Å². The summed E-state index contributed by atoms with van der Waals surface area (Å²) in [6, 6.07) is 10.1. The van der Waals surface area contributed by atoms with Crippen molar-refractivity contribution in [2.45, 2.75) is 31.3 Å². The van der Waals surface area contributed by atoms with Crippen LogP contribution in [-0.4, -0.2) is 37.1 Å². The quantitative estimate of drug-likeness (QED) is 0.774. The number of halogens is 1. The Labute approximate surface area is 113 Å². The fourth-order valence-electron chi connectivity index (χ4n) is 2.41. The molecule has 1 aromatic carbocycles. The van der Waals surface area contributed by atoms with Crippen LogP contribution in [0, 0.1) is 0 Å². The number of rotatable bonds is 2. The third-order valence-electron chi connectivity index (χ3n) is 3.82. The van der Waals surface area contributed by atoms with Crippen LogP contribution in [0.4, 0.5) is 5.69 Å². The summed E-state index contributed by atoms with van der Waals surface area (Å²) in [6.07, 6.45) is 0. The van der Waals surface area contributed by atoms with Gasteiger partial charge in [0.05, 0.1) is 0 Å². The van der Waals surface area contributed by atoms with Crippen molar-refractivity contribution in [2.24, 2.45) is 0 Å². The molecule has 0 N–H and O–H groups in total. The molecule has 0 spiro atoms. The van der Waals surface area contributed by atoms with E-state index >= 15 is 0 Å². The van der Waals surface area contributed by atoms with Crippen LogP contribution in [0.1, 0.15) is 19.4 Å². The van der Waals surface area contributed by atoms with Crippen LogP contribution in [0.15, 0.2) is 24.3 Å². The molecule has 2 rings (SSSR count). The second-order valence-corrected chi connectivity index (χ2v) is 5.63. The number of nitrogens with zero attached hydrogens (tertiary/aromatic N) is 2. The maximum atomic E-state index is 3.48. The average molecular weight is 297 g/mol. The van der Waals surface area contributed by atoms with E-state index in [2.05, 4.69) is 70.9 Å². The van der Waals surface area contributed by atoms with Crippen molar-refractivity contribution in [3.63, 3.8) is 0 Å². The lowest BCUT2D eigenvalue weighted by Gasteiger charge is -2.43. The molecule has 3 heteroatoms. The molecule has 2 unspecified atom stereocenters. The second kappa shape index (κ2) is 5.40. The van der Waals surface area contributed by atoms with Gasteiger partial charge < -0.3 is 4.90 Å². The molecule has 2 atom stereocenters. The van der Waals surface area contributed by atoms with E-state index in [0.717, 1.165) is 18.4 Å². The Morgan fingerprint density at radius 1 is 1.12 bits per heavy atom. The van der Waals surface area contributed by atoms with Crippen LogP contribution in [-0.2, 0) is 5.33 Å². The molecule has 2 nitrogen and oxygen atoms in total. The van der Waals surface area contributed by atoms with Crippen molar-refractivity contribution in [3.8, 4) is 0 Å². The molecule has 0 aliphatic carbocycles. The Balaban J connectivity index is 2.11. The molecule has 1 heterocycles. The molecule has 94 valence electrons. The van der Waals surface area contributed by atoms with E-state index in [4.69, 9.17) is 0 Å². The summed E-state index contributed by atoms with van der Waals surface area (Å²) in [5, 5.41) is 0.933.